The van der Waals surface area contributed by atoms with Crippen molar-refractivity contribution in [2.75, 3.05) is 19.4 Å². The molecule has 2 saturated heterocycles. The maximum Gasteiger partial charge on any atom is 0.328 e. The van der Waals surface area contributed by atoms with Crippen LogP contribution in [-0.2, 0) is 33.4 Å². The summed E-state index contributed by atoms with van der Waals surface area (Å²) in [5, 5.41) is 0. The van der Waals surface area contributed by atoms with Gasteiger partial charge in [0.15, 0.2) is 0 Å². The number of carbonyl (C=O) groups is 3. The molecular formula is C21H28N2O7S2. The summed E-state index contributed by atoms with van der Waals surface area (Å²) in [5.41, 5.74) is 0.905. The Morgan fingerprint density at radius 3 is 2.34 bits per heavy atom. The first kappa shape index (κ1) is 24.5. The van der Waals surface area contributed by atoms with Gasteiger partial charge < -0.3 is 14.5 Å². The molecule has 2 heterocycles. The fourth-order valence-corrected chi connectivity index (χ4v) is 5.76. The second-order valence-corrected chi connectivity index (χ2v) is 10.0. The molecule has 2 aliphatic rings. The highest BCUT2D eigenvalue weighted by Gasteiger charge is 2.48. The minimum atomic E-state index is -4.07. The van der Waals surface area contributed by atoms with Gasteiger partial charge in [-0.15, -0.1) is 0 Å². The summed E-state index contributed by atoms with van der Waals surface area (Å²) in [5.74, 6) is -0.970. The van der Waals surface area contributed by atoms with Gasteiger partial charge in [0.1, 0.15) is 12.1 Å². The van der Waals surface area contributed by atoms with Gasteiger partial charge in [0.05, 0.1) is 18.1 Å². The number of amides is 2. The van der Waals surface area contributed by atoms with E-state index in [1.165, 1.54) is 36.0 Å². The van der Waals surface area contributed by atoms with Crippen LogP contribution in [0.4, 0.5) is 0 Å². The van der Waals surface area contributed by atoms with E-state index in [0.717, 1.165) is 5.56 Å². The lowest BCUT2D eigenvalue weighted by atomic mass is 10.1. The number of rotatable bonds is 6. The van der Waals surface area contributed by atoms with Gasteiger partial charge in [0, 0.05) is 31.7 Å². The van der Waals surface area contributed by atoms with Crippen LogP contribution >= 0.6 is 12.6 Å². The van der Waals surface area contributed by atoms with Gasteiger partial charge in [-0.1, -0.05) is 17.7 Å². The second-order valence-electron chi connectivity index (χ2n) is 8.11. The van der Waals surface area contributed by atoms with E-state index in [0.29, 0.717) is 18.6 Å². The lowest BCUT2D eigenvalue weighted by Gasteiger charge is -2.33. The van der Waals surface area contributed by atoms with Crippen LogP contribution in [0.3, 0.4) is 0 Å². The lowest BCUT2D eigenvalue weighted by Crippen LogP contribution is -2.53. The third-order valence-electron chi connectivity index (χ3n) is 5.97. The van der Waals surface area contributed by atoms with Gasteiger partial charge in [0.2, 0.25) is 11.8 Å². The standard InChI is InChI=1S/C21H28N2O7S2/c1-13-4-7-17(8-5-13)32(27,28)30-16-10-19(22(11-16)14(2)24)20(25)23-15(12-31)6-9-18(23)21(26)29-3/h4-5,7-8,15-16,18-19,31H,6,9-12H2,1-3H3/t15-,16+,18-,19-/m0/s1. The molecule has 9 nitrogen and oxygen atoms in total. The van der Waals surface area contributed by atoms with Crippen LogP contribution in [0, 0.1) is 6.92 Å². The molecule has 0 spiro atoms. The average Bonchev–Trinajstić information content (AvgIpc) is 3.37. The summed E-state index contributed by atoms with van der Waals surface area (Å²) in [4.78, 5) is 40.7. The fraction of sp³-hybridized carbons (Fsp3) is 0.571. The Kier molecular flexibility index (Phi) is 7.51. The average molecular weight is 485 g/mol. The Balaban J connectivity index is 1.81. The monoisotopic (exact) mass is 484 g/mol. The van der Waals surface area contributed by atoms with Crippen molar-refractivity contribution in [3.63, 3.8) is 0 Å². The van der Waals surface area contributed by atoms with Crippen molar-refractivity contribution >= 4 is 40.5 Å². The molecule has 0 aliphatic carbocycles. The molecule has 0 bridgehead atoms. The van der Waals surface area contributed by atoms with Gasteiger partial charge in [0.25, 0.3) is 10.1 Å². The number of carbonyl (C=O) groups excluding carboxylic acids is 3. The van der Waals surface area contributed by atoms with Crippen LogP contribution in [0.5, 0.6) is 0 Å². The van der Waals surface area contributed by atoms with E-state index in [4.69, 9.17) is 8.92 Å². The Hall–Kier alpha value is -2.11. The van der Waals surface area contributed by atoms with E-state index in [1.54, 1.807) is 12.1 Å². The van der Waals surface area contributed by atoms with E-state index in [2.05, 4.69) is 12.6 Å². The Bertz CT molecular complexity index is 980. The molecule has 2 fully saturated rings. The van der Waals surface area contributed by atoms with Crippen LogP contribution < -0.4 is 0 Å². The Morgan fingerprint density at radius 1 is 1.12 bits per heavy atom. The zero-order chi connectivity index (χ0) is 23.6. The zero-order valence-electron chi connectivity index (χ0n) is 18.3. The van der Waals surface area contributed by atoms with Crippen LogP contribution in [0.25, 0.3) is 0 Å². The van der Waals surface area contributed by atoms with E-state index in [-0.39, 0.29) is 29.8 Å². The van der Waals surface area contributed by atoms with E-state index < -0.39 is 40.2 Å². The summed E-state index contributed by atoms with van der Waals surface area (Å²) >= 11 is 4.30. The number of hydrogen-bond acceptors (Lipinski definition) is 8. The van der Waals surface area contributed by atoms with E-state index in [9.17, 15) is 22.8 Å². The summed E-state index contributed by atoms with van der Waals surface area (Å²) in [6.45, 7) is 3.11. The van der Waals surface area contributed by atoms with Crippen molar-refractivity contribution in [2.45, 2.75) is 62.2 Å². The highest BCUT2D eigenvalue weighted by molar-refractivity contribution is 7.86. The number of likely N-dealkylation sites (tertiary alicyclic amines) is 2. The first-order valence-corrected chi connectivity index (χ1v) is 12.4. The van der Waals surface area contributed by atoms with Crippen molar-refractivity contribution in [2.24, 2.45) is 0 Å². The molecule has 1 aromatic rings. The van der Waals surface area contributed by atoms with Crippen molar-refractivity contribution in [1.29, 1.82) is 0 Å². The predicted octanol–water partition coefficient (Wildman–Crippen LogP) is 1.15. The maximum atomic E-state index is 13.5. The first-order valence-electron chi connectivity index (χ1n) is 10.4. The summed E-state index contributed by atoms with van der Waals surface area (Å²) < 4.78 is 35.6. The molecular weight excluding hydrogens is 456 g/mol. The van der Waals surface area contributed by atoms with Crippen molar-refractivity contribution in [3.05, 3.63) is 29.8 Å². The molecule has 176 valence electrons. The molecule has 0 saturated carbocycles. The van der Waals surface area contributed by atoms with Gasteiger partial charge >= 0.3 is 5.97 Å². The number of benzene rings is 1. The molecule has 1 aromatic carbocycles. The van der Waals surface area contributed by atoms with Crippen molar-refractivity contribution in [3.8, 4) is 0 Å². The van der Waals surface area contributed by atoms with Crippen LogP contribution in [0.1, 0.15) is 31.7 Å². The number of hydrogen-bond donors (Lipinski definition) is 1. The number of ether oxygens (including phenoxy) is 1. The molecule has 2 aliphatic heterocycles. The topological polar surface area (TPSA) is 110 Å². The van der Waals surface area contributed by atoms with Gasteiger partial charge in [-0.3, -0.25) is 13.8 Å². The highest BCUT2D eigenvalue weighted by Crippen LogP contribution is 2.32. The minimum absolute atomic E-state index is 0.00712. The van der Waals surface area contributed by atoms with E-state index >= 15 is 0 Å². The SMILES string of the molecule is COC(=O)[C@@H]1CC[C@@H](CS)N1C(=O)[C@@H]1C[C@@H](OS(=O)(=O)c2ccc(C)cc2)CN1C(C)=O. The zero-order valence-corrected chi connectivity index (χ0v) is 20.0. The molecule has 0 unspecified atom stereocenters. The van der Waals surface area contributed by atoms with E-state index in [1.807, 2.05) is 6.92 Å². The van der Waals surface area contributed by atoms with Gasteiger partial charge in [-0.05, 0) is 31.9 Å². The molecule has 0 radical (unpaired) electrons. The van der Waals surface area contributed by atoms with Gasteiger partial charge in [-0.2, -0.15) is 21.0 Å². The predicted molar refractivity (Wildman–Crippen MR) is 119 cm³/mol. The smallest absolute Gasteiger partial charge is 0.328 e. The third-order valence-corrected chi connectivity index (χ3v) is 7.76. The molecule has 2 amide bonds. The normalized spacial score (nSPS) is 25.8. The molecule has 11 heteroatoms. The number of aryl methyl sites for hydroxylation is 1. The van der Waals surface area contributed by atoms with Crippen molar-refractivity contribution in [1.82, 2.24) is 9.80 Å². The fourth-order valence-electron chi connectivity index (χ4n) is 4.32. The van der Waals surface area contributed by atoms with Crippen molar-refractivity contribution < 1.29 is 31.7 Å². The highest BCUT2D eigenvalue weighted by atomic mass is 32.2. The van der Waals surface area contributed by atoms with Crippen LogP contribution in [-0.4, -0.2) is 79.6 Å². The first-order chi connectivity index (χ1) is 15.1. The molecule has 0 N–H and O–H groups in total. The summed E-state index contributed by atoms with van der Waals surface area (Å²) in [6.07, 6.45) is 0.155. The number of methoxy groups -OCH3 is 1. The molecule has 3 rings (SSSR count). The minimum Gasteiger partial charge on any atom is -0.467 e. The number of esters is 1. The third kappa shape index (κ3) is 4.94. The second kappa shape index (κ2) is 9.80. The Morgan fingerprint density at radius 2 is 1.78 bits per heavy atom. The van der Waals surface area contributed by atoms with Crippen LogP contribution in [0.15, 0.2) is 29.2 Å². The molecule has 4 atom stereocenters. The number of thiol groups is 1. The van der Waals surface area contributed by atoms with Crippen LogP contribution in [0.2, 0.25) is 0 Å². The maximum absolute atomic E-state index is 13.5. The lowest BCUT2D eigenvalue weighted by molar-refractivity contribution is -0.154. The largest absolute Gasteiger partial charge is 0.467 e. The number of nitrogens with zero attached hydrogens (tertiary/aromatic N) is 2. The summed E-state index contributed by atoms with van der Waals surface area (Å²) in [6, 6.07) is 4.27. The summed E-state index contributed by atoms with van der Waals surface area (Å²) in [7, 11) is -2.81. The van der Waals surface area contributed by atoms with Gasteiger partial charge in [-0.25, -0.2) is 4.79 Å². The molecule has 0 aromatic heterocycles. The quantitative estimate of drug-likeness (QED) is 0.366. The molecule has 32 heavy (non-hydrogen) atoms. The Labute approximate surface area is 193 Å².